The second-order valence-electron chi connectivity index (χ2n) is 3.49. The van der Waals surface area contributed by atoms with E-state index in [1.54, 1.807) is 6.07 Å². The average molecular weight is 317 g/mol. The summed E-state index contributed by atoms with van der Waals surface area (Å²) >= 11 is 0. The number of hydrogen-bond donors (Lipinski definition) is 1. The summed E-state index contributed by atoms with van der Waals surface area (Å²) in [5.41, 5.74) is -0.238. The third-order valence-corrected chi connectivity index (χ3v) is 2.25. The van der Waals surface area contributed by atoms with Gasteiger partial charge in [0.05, 0.1) is 20.3 Å². The van der Waals surface area contributed by atoms with Gasteiger partial charge in [-0.15, -0.1) is 0 Å². The molecule has 0 aromatic carbocycles. The van der Waals surface area contributed by atoms with Gasteiger partial charge in [0, 0.05) is 6.20 Å². The molecule has 1 N–H and O–H groups in total. The van der Waals surface area contributed by atoms with E-state index in [4.69, 9.17) is 19.3 Å². The minimum atomic E-state index is -1.21. The zero-order valence-electron chi connectivity index (χ0n) is 10.7. The quantitative estimate of drug-likeness (QED) is 0.805. The van der Waals surface area contributed by atoms with Crippen LogP contribution >= 0.6 is 0 Å². The van der Waals surface area contributed by atoms with Gasteiger partial charge < -0.3 is 19.3 Å². The SMILES string of the molecule is COc1cc(OC)nc(Oc2cccnc2C(=O)O)n1.[KH]. The number of carboxylic acid groups (broad SMARTS) is 1. The summed E-state index contributed by atoms with van der Waals surface area (Å²) in [6.45, 7) is 0. The number of nitrogens with zero attached hydrogens (tertiary/aromatic N) is 3. The number of ether oxygens (including phenoxy) is 3. The molecule has 2 heterocycles. The van der Waals surface area contributed by atoms with Crippen molar-refractivity contribution >= 4 is 57.4 Å². The van der Waals surface area contributed by atoms with Gasteiger partial charge in [0.2, 0.25) is 11.8 Å². The van der Waals surface area contributed by atoms with Crippen molar-refractivity contribution in [2.24, 2.45) is 0 Å². The fourth-order valence-electron chi connectivity index (χ4n) is 1.37. The van der Waals surface area contributed by atoms with Gasteiger partial charge in [-0.25, -0.2) is 9.78 Å². The number of methoxy groups -OCH3 is 2. The zero-order valence-corrected chi connectivity index (χ0v) is 10.7. The summed E-state index contributed by atoms with van der Waals surface area (Å²) in [6, 6.07) is 4.36. The molecule has 0 aliphatic rings. The Kier molecular flexibility index (Phi) is 6.98. The van der Waals surface area contributed by atoms with Gasteiger partial charge in [-0.3, -0.25) is 0 Å². The number of aromatic carboxylic acids is 1. The second kappa shape index (κ2) is 8.25. The summed E-state index contributed by atoms with van der Waals surface area (Å²) in [6.07, 6.45) is 1.35. The number of aromatic nitrogens is 3. The van der Waals surface area contributed by atoms with Gasteiger partial charge >= 0.3 is 63.4 Å². The molecule has 0 bridgehead atoms. The Morgan fingerprint density at radius 1 is 1.19 bits per heavy atom. The van der Waals surface area contributed by atoms with Crippen molar-refractivity contribution in [3.05, 3.63) is 30.1 Å². The molecule has 0 amide bonds. The molecule has 0 unspecified atom stereocenters. The molecule has 0 atom stereocenters. The number of pyridine rings is 1. The van der Waals surface area contributed by atoms with E-state index in [1.165, 1.54) is 32.5 Å². The first-order valence-corrected chi connectivity index (χ1v) is 5.47. The molecular weight excluding hydrogens is 305 g/mol. The maximum absolute atomic E-state index is 11.0. The van der Waals surface area contributed by atoms with Crippen molar-refractivity contribution in [2.45, 2.75) is 0 Å². The molecule has 2 aromatic rings. The molecule has 0 saturated carbocycles. The molecule has 8 nitrogen and oxygen atoms in total. The molecule has 0 aliphatic heterocycles. The third-order valence-electron chi connectivity index (χ3n) is 2.25. The topological polar surface area (TPSA) is 104 Å². The van der Waals surface area contributed by atoms with E-state index in [1.807, 2.05) is 0 Å². The van der Waals surface area contributed by atoms with Gasteiger partial charge in [0.15, 0.2) is 11.4 Å². The Morgan fingerprint density at radius 2 is 1.81 bits per heavy atom. The Hall–Kier alpha value is -1.26. The Morgan fingerprint density at radius 3 is 2.33 bits per heavy atom. The van der Waals surface area contributed by atoms with Gasteiger partial charge in [0.25, 0.3) is 0 Å². The van der Waals surface area contributed by atoms with Crippen molar-refractivity contribution in [1.82, 2.24) is 15.0 Å². The summed E-state index contributed by atoms with van der Waals surface area (Å²) in [4.78, 5) is 22.6. The van der Waals surface area contributed by atoms with Gasteiger partial charge in [-0.05, 0) is 12.1 Å². The van der Waals surface area contributed by atoms with Crippen LogP contribution in [0, 0.1) is 0 Å². The first-order chi connectivity index (χ1) is 9.63. The molecule has 0 aliphatic carbocycles. The van der Waals surface area contributed by atoms with Crippen LogP contribution in [0.2, 0.25) is 0 Å². The van der Waals surface area contributed by atoms with Crippen LogP contribution < -0.4 is 14.2 Å². The van der Waals surface area contributed by atoms with Crippen LogP contribution in [0.1, 0.15) is 10.5 Å². The van der Waals surface area contributed by atoms with Crippen LogP contribution in [0.3, 0.4) is 0 Å². The maximum atomic E-state index is 11.0. The van der Waals surface area contributed by atoms with E-state index in [0.29, 0.717) is 0 Å². The van der Waals surface area contributed by atoms with Crippen molar-refractivity contribution in [3.8, 4) is 23.5 Å². The van der Waals surface area contributed by atoms with E-state index in [-0.39, 0.29) is 80.6 Å². The molecule has 21 heavy (non-hydrogen) atoms. The molecule has 9 heteroatoms. The van der Waals surface area contributed by atoms with Crippen molar-refractivity contribution < 1.29 is 24.1 Å². The molecule has 106 valence electrons. The fourth-order valence-corrected chi connectivity index (χ4v) is 1.37. The van der Waals surface area contributed by atoms with Crippen LogP contribution in [0.5, 0.6) is 23.5 Å². The monoisotopic (exact) mass is 317 g/mol. The zero-order chi connectivity index (χ0) is 14.5. The average Bonchev–Trinajstić information content (AvgIpc) is 2.47. The van der Waals surface area contributed by atoms with E-state index in [0.717, 1.165) is 0 Å². The second-order valence-corrected chi connectivity index (χ2v) is 3.49. The Bertz CT molecular complexity index is 616. The number of carboxylic acids is 1. The minimum absolute atomic E-state index is 0. The number of rotatable bonds is 5. The summed E-state index contributed by atoms with van der Waals surface area (Å²) in [5.74, 6) is -0.731. The van der Waals surface area contributed by atoms with E-state index in [2.05, 4.69) is 15.0 Å². The standard InChI is InChI=1S/C12H11N3O5.K.H/c1-18-8-6-9(19-2)15-12(14-8)20-7-4-3-5-13-10(7)11(16)17;;/h3-6H,1-2H3,(H,16,17);;. The number of hydrogen-bond acceptors (Lipinski definition) is 7. The Balaban J connectivity index is 0.00000220. The third kappa shape index (κ3) is 4.61. The van der Waals surface area contributed by atoms with Crippen LogP contribution in [0.15, 0.2) is 24.4 Å². The van der Waals surface area contributed by atoms with Crippen molar-refractivity contribution in [2.75, 3.05) is 14.2 Å². The molecule has 0 spiro atoms. The van der Waals surface area contributed by atoms with E-state index < -0.39 is 5.97 Å². The predicted octanol–water partition coefficient (Wildman–Crippen LogP) is 0.731. The van der Waals surface area contributed by atoms with Gasteiger partial charge in [-0.1, -0.05) is 0 Å². The summed E-state index contributed by atoms with van der Waals surface area (Å²) in [5, 5.41) is 9.01. The van der Waals surface area contributed by atoms with Crippen LogP contribution in [0.4, 0.5) is 0 Å². The molecule has 2 aromatic heterocycles. The first kappa shape index (κ1) is 17.8. The summed E-state index contributed by atoms with van der Waals surface area (Å²) < 4.78 is 15.3. The van der Waals surface area contributed by atoms with Gasteiger partial charge in [-0.2, -0.15) is 9.97 Å². The molecular formula is C12H12KN3O5. The molecule has 0 fully saturated rings. The number of carbonyl (C=O) groups is 1. The van der Waals surface area contributed by atoms with Gasteiger partial charge in [0.1, 0.15) is 0 Å². The van der Waals surface area contributed by atoms with Crippen molar-refractivity contribution in [3.63, 3.8) is 0 Å². The molecule has 2 rings (SSSR count). The predicted molar refractivity (Wildman–Crippen MR) is 73.6 cm³/mol. The van der Waals surface area contributed by atoms with E-state index >= 15 is 0 Å². The van der Waals surface area contributed by atoms with Crippen LogP contribution in [-0.4, -0.2) is 91.6 Å². The fraction of sp³-hybridized carbons (Fsp3) is 0.167. The van der Waals surface area contributed by atoms with Crippen LogP contribution in [-0.2, 0) is 0 Å². The Labute approximate surface area is 162 Å². The summed E-state index contributed by atoms with van der Waals surface area (Å²) in [7, 11) is 2.86. The van der Waals surface area contributed by atoms with E-state index in [9.17, 15) is 4.79 Å². The first-order valence-electron chi connectivity index (χ1n) is 5.47. The normalized spacial score (nSPS) is 9.43. The molecule has 0 saturated heterocycles. The van der Waals surface area contributed by atoms with Crippen LogP contribution in [0.25, 0.3) is 0 Å². The molecule has 0 radical (unpaired) electrons. The van der Waals surface area contributed by atoms with Crippen molar-refractivity contribution in [1.29, 1.82) is 0 Å².